The molecule has 0 aliphatic heterocycles. The average Bonchev–Trinajstić information content (AvgIpc) is 2.85. The highest BCUT2D eigenvalue weighted by Gasteiger charge is 2.37. The molecule has 0 heterocycles. The second-order valence-corrected chi connectivity index (χ2v) is 8.37. The zero-order chi connectivity index (χ0) is 24.3. The summed E-state index contributed by atoms with van der Waals surface area (Å²) >= 11 is 0. The van der Waals surface area contributed by atoms with Gasteiger partial charge in [0.2, 0.25) is 11.8 Å². The zero-order valence-electron chi connectivity index (χ0n) is 19.4. The van der Waals surface area contributed by atoms with E-state index in [0.717, 1.165) is 24.0 Å². The molecule has 0 bridgehead atoms. The van der Waals surface area contributed by atoms with Crippen molar-refractivity contribution < 1.29 is 19.1 Å². The van der Waals surface area contributed by atoms with Gasteiger partial charge in [-0.3, -0.25) is 14.4 Å². The molecule has 8 heteroatoms. The van der Waals surface area contributed by atoms with E-state index < -0.39 is 17.9 Å². The van der Waals surface area contributed by atoms with E-state index in [0.29, 0.717) is 18.5 Å². The number of carbonyl (C=O) groups is 3. The number of rotatable bonds is 9. The number of esters is 1. The van der Waals surface area contributed by atoms with E-state index >= 15 is 0 Å². The van der Waals surface area contributed by atoms with Crippen LogP contribution < -0.4 is 16.5 Å². The number of hydrazone groups is 1. The Bertz CT molecular complexity index is 992. The molecular weight excluding hydrogens is 432 g/mol. The number of nitrogens with zero attached hydrogens (tertiary/aromatic N) is 1. The smallest absolute Gasteiger partial charge is 0.308 e. The molecule has 1 fully saturated rings. The summed E-state index contributed by atoms with van der Waals surface area (Å²) in [5.74, 6) is 3.49. The Balaban J connectivity index is 1.71. The third kappa shape index (κ3) is 6.91. The molecule has 3 atom stereocenters. The molecule has 0 aromatic heterocycles. The summed E-state index contributed by atoms with van der Waals surface area (Å²) in [6, 6.07) is 16.0. The summed E-state index contributed by atoms with van der Waals surface area (Å²) in [5, 5.41) is 9.43. The second-order valence-electron chi connectivity index (χ2n) is 8.37. The molecule has 0 radical (unpaired) electrons. The highest BCUT2D eigenvalue weighted by Crippen LogP contribution is 2.32. The summed E-state index contributed by atoms with van der Waals surface area (Å²) in [5.41, 5.74) is 2.29. The minimum Gasteiger partial charge on any atom is -0.466 e. The van der Waals surface area contributed by atoms with Crippen LogP contribution in [0.3, 0.4) is 0 Å². The molecular formula is C26H32N4O4. The third-order valence-corrected chi connectivity index (χ3v) is 6.04. The van der Waals surface area contributed by atoms with Crippen LogP contribution in [0.4, 0.5) is 5.69 Å². The van der Waals surface area contributed by atoms with Crippen LogP contribution >= 0.6 is 0 Å². The topological polar surface area (TPSA) is 123 Å². The van der Waals surface area contributed by atoms with Crippen LogP contribution in [-0.2, 0) is 19.1 Å². The minimum atomic E-state index is -0.518. The first-order valence-corrected chi connectivity index (χ1v) is 11.7. The summed E-state index contributed by atoms with van der Waals surface area (Å²) in [6.45, 7) is 2.03. The molecule has 0 saturated heterocycles. The van der Waals surface area contributed by atoms with E-state index in [1.54, 1.807) is 31.2 Å². The second kappa shape index (κ2) is 12.5. The van der Waals surface area contributed by atoms with Gasteiger partial charge in [0, 0.05) is 17.5 Å². The van der Waals surface area contributed by atoms with Gasteiger partial charge < -0.3 is 21.2 Å². The van der Waals surface area contributed by atoms with E-state index in [4.69, 9.17) is 10.6 Å². The Hall–Kier alpha value is -3.68. The monoisotopic (exact) mass is 464 g/mol. The van der Waals surface area contributed by atoms with Crippen molar-refractivity contribution in [3.8, 4) is 0 Å². The molecule has 3 rings (SSSR count). The molecule has 3 unspecified atom stereocenters. The fourth-order valence-corrected chi connectivity index (χ4v) is 4.33. The van der Waals surface area contributed by atoms with Gasteiger partial charge in [-0.25, -0.2) is 0 Å². The Morgan fingerprint density at radius 1 is 1.03 bits per heavy atom. The van der Waals surface area contributed by atoms with Gasteiger partial charge in [0.1, 0.15) is 0 Å². The normalized spacial score (nSPS) is 18.7. The standard InChI is InChI=1S/C26H32N4O4/c1-2-34-24(31)16-23(19-8-4-3-5-9-19)30-26(33)22-11-7-6-10-21(22)25(32)29-20-14-12-18(13-15-20)17-28-27/h3-5,8-9,12-15,17,21-23H,2,6-7,10-11,16,27H2,1H3,(H,29,32)(H,30,33). The molecule has 4 N–H and O–H groups in total. The largest absolute Gasteiger partial charge is 0.466 e. The number of hydrogen-bond acceptors (Lipinski definition) is 6. The SMILES string of the molecule is CCOC(=O)CC(NC(=O)C1CCCCC1C(=O)Nc1ccc(C=NN)cc1)c1ccccc1. The van der Waals surface area contributed by atoms with Crippen LogP contribution in [0.5, 0.6) is 0 Å². The molecule has 2 aromatic rings. The Morgan fingerprint density at radius 2 is 1.68 bits per heavy atom. The molecule has 2 amide bonds. The quantitative estimate of drug-likeness (QED) is 0.227. The third-order valence-electron chi connectivity index (χ3n) is 6.04. The van der Waals surface area contributed by atoms with E-state index in [-0.39, 0.29) is 30.8 Å². The van der Waals surface area contributed by atoms with Gasteiger partial charge in [0.05, 0.1) is 25.3 Å². The number of hydrogen-bond donors (Lipinski definition) is 3. The molecule has 1 aliphatic rings. The van der Waals surface area contributed by atoms with E-state index in [9.17, 15) is 14.4 Å². The fraction of sp³-hybridized carbons (Fsp3) is 0.385. The molecule has 1 aliphatic carbocycles. The molecule has 2 aromatic carbocycles. The lowest BCUT2D eigenvalue weighted by Crippen LogP contribution is -2.43. The number of benzene rings is 2. The zero-order valence-corrected chi connectivity index (χ0v) is 19.4. The lowest BCUT2D eigenvalue weighted by atomic mass is 9.78. The van der Waals surface area contributed by atoms with Crippen molar-refractivity contribution in [3.63, 3.8) is 0 Å². The van der Waals surface area contributed by atoms with Crippen LogP contribution in [0.1, 0.15) is 56.2 Å². The number of carbonyl (C=O) groups excluding carboxylic acids is 3. The molecule has 180 valence electrons. The van der Waals surface area contributed by atoms with Crippen LogP contribution in [0, 0.1) is 11.8 Å². The first kappa shape index (κ1) is 25.0. The van der Waals surface area contributed by atoms with Gasteiger partial charge >= 0.3 is 5.97 Å². The highest BCUT2D eigenvalue weighted by molar-refractivity contribution is 5.96. The number of ether oxygens (including phenoxy) is 1. The number of anilines is 1. The minimum absolute atomic E-state index is 0.0334. The Labute approximate surface area is 199 Å². The van der Waals surface area contributed by atoms with Crippen LogP contribution in [0.2, 0.25) is 0 Å². The molecule has 1 saturated carbocycles. The maximum Gasteiger partial charge on any atom is 0.308 e. The van der Waals surface area contributed by atoms with Crippen molar-refractivity contribution in [2.75, 3.05) is 11.9 Å². The Morgan fingerprint density at radius 3 is 2.29 bits per heavy atom. The molecule has 34 heavy (non-hydrogen) atoms. The van der Waals surface area contributed by atoms with Gasteiger partial charge in [-0.05, 0) is 43.0 Å². The molecule has 0 spiro atoms. The van der Waals surface area contributed by atoms with E-state index in [1.807, 2.05) is 30.3 Å². The number of nitrogens with two attached hydrogens (primary N) is 1. The van der Waals surface area contributed by atoms with Gasteiger partial charge in [0.25, 0.3) is 0 Å². The van der Waals surface area contributed by atoms with Crippen molar-refractivity contribution >= 4 is 29.7 Å². The highest BCUT2D eigenvalue weighted by atomic mass is 16.5. The summed E-state index contributed by atoms with van der Waals surface area (Å²) < 4.78 is 5.10. The van der Waals surface area contributed by atoms with Gasteiger partial charge in [0.15, 0.2) is 0 Å². The van der Waals surface area contributed by atoms with Gasteiger partial charge in [-0.1, -0.05) is 55.3 Å². The van der Waals surface area contributed by atoms with Crippen LogP contribution in [0.25, 0.3) is 0 Å². The van der Waals surface area contributed by atoms with E-state index in [2.05, 4.69) is 15.7 Å². The summed E-state index contributed by atoms with van der Waals surface area (Å²) in [7, 11) is 0. The molecule has 8 nitrogen and oxygen atoms in total. The van der Waals surface area contributed by atoms with Gasteiger partial charge in [-0.15, -0.1) is 0 Å². The predicted molar refractivity (Wildman–Crippen MR) is 131 cm³/mol. The summed E-state index contributed by atoms with van der Waals surface area (Å²) in [6.07, 6.45) is 4.58. The van der Waals surface area contributed by atoms with Crippen molar-refractivity contribution in [1.29, 1.82) is 0 Å². The van der Waals surface area contributed by atoms with Crippen molar-refractivity contribution in [1.82, 2.24) is 5.32 Å². The van der Waals surface area contributed by atoms with Gasteiger partial charge in [-0.2, -0.15) is 5.10 Å². The fourth-order valence-electron chi connectivity index (χ4n) is 4.33. The first-order valence-electron chi connectivity index (χ1n) is 11.7. The first-order chi connectivity index (χ1) is 16.5. The van der Waals surface area contributed by atoms with Crippen LogP contribution in [-0.4, -0.2) is 30.6 Å². The lowest BCUT2D eigenvalue weighted by molar-refractivity contribution is -0.144. The van der Waals surface area contributed by atoms with Crippen molar-refractivity contribution in [2.45, 2.75) is 45.1 Å². The van der Waals surface area contributed by atoms with Crippen molar-refractivity contribution in [3.05, 3.63) is 65.7 Å². The Kier molecular flexibility index (Phi) is 9.20. The average molecular weight is 465 g/mol. The number of nitrogens with one attached hydrogen (secondary N) is 2. The predicted octanol–water partition coefficient (Wildman–Crippen LogP) is 3.53. The van der Waals surface area contributed by atoms with Crippen LogP contribution in [0.15, 0.2) is 59.7 Å². The lowest BCUT2D eigenvalue weighted by Gasteiger charge is -2.31. The maximum atomic E-state index is 13.3. The van der Waals surface area contributed by atoms with E-state index in [1.165, 1.54) is 6.21 Å². The van der Waals surface area contributed by atoms with Crippen molar-refractivity contribution in [2.24, 2.45) is 22.8 Å². The number of amides is 2. The maximum absolute atomic E-state index is 13.3. The summed E-state index contributed by atoms with van der Waals surface area (Å²) in [4.78, 5) is 38.6.